The highest BCUT2D eigenvalue weighted by atomic mass is 79.9. The summed E-state index contributed by atoms with van der Waals surface area (Å²) in [6.45, 7) is 1.14. The minimum atomic E-state index is 0.451. The zero-order valence-corrected chi connectivity index (χ0v) is 13.2. The molecular weight excluding hydrogens is 344 g/mol. The fourth-order valence-electron chi connectivity index (χ4n) is 2.17. The van der Waals surface area contributed by atoms with Gasteiger partial charge in [0.15, 0.2) is 5.82 Å². The molecule has 0 aliphatic carbocycles. The Morgan fingerprint density at radius 3 is 3.00 bits per heavy atom. The summed E-state index contributed by atoms with van der Waals surface area (Å²) >= 11 is 9.70. The Morgan fingerprint density at radius 1 is 1.35 bits per heavy atom. The van der Waals surface area contributed by atoms with E-state index in [9.17, 15) is 0 Å². The van der Waals surface area contributed by atoms with Gasteiger partial charge in [-0.1, -0.05) is 27.5 Å². The molecule has 0 unspecified atom stereocenters. The summed E-state index contributed by atoms with van der Waals surface area (Å²) in [5.74, 6) is 1.30. The lowest BCUT2D eigenvalue weighted by Crippen LogP contribution is -2.14. The number of hydrogen-bond donors (Lipinski definition) is 0. The highest BCUT2D eigenvalue weighted by Gasteiger charge is 2.19. The molecule has 0 saturated carbocycles. The van der Waals surface area contributed by atoms with Crippen LogP contribution in [0.4, 0.5) is 0 Å². The molecule has 1 aliphatic rings. The number of nitrogens with zero attached hydrogens (tertiary/aromatic N) is 2. The molecule has 0 fully saturated rings. The van der Waals surface area contributed by atoms with Crippen LogP contribution in [0.5, 0.6) is 5.75 Å². The van der Waals surface area contributed by atoms with Crippen LogP contribution in [-0.2, 0) is 17.8 Å². The van der Waals surface area contributed by atoms with Crippen LogP contribution in [0.25, 0.3) is 11.4 Å². The van der Waals surface area contributed by atoms with Gasteiger partial charge in [0.2, 0.25) is 0 Å². The average Bonchev–Trinajstić information content (AvgIpc) is 2.47. The van der Waals surface area contributed by atoms with Gasteiger partial charge in [-0.3, -0.25) is 0 Å². The molecule has 0 radical (unpaired) electrons. The fraction of sp³-hybridized carbons (Fsp3) is 0.286. The van der Waals surface area contributed by atoms with E-state index in [0.717, 1.165) is 33.5 Å². The molecule has 0 bridgehead atoms. The number of hydrogen-bond acceptors (Lipinski definition) is 4. The van der Waals surface area contributed by atoms with E-state index >= 15 is 0 Å². The average molecular weight is 356 g/mol. The van der Waals surface area contributed by atoms with Crippen molar-refractivity contribution in [1.29, 1.82) is 0 Å². The van der Waals surface area contributed by atoms with Gasteiger partial charge < -0.3 is 9.47 Å². The summed E-state index contributed by atoms with van der Waals surface area (Å²) in [6.07, 6.45) is 0.751. The molecule has 4 nitrogen and oxygen atoms in total. The summed E-state index contributed by atoms with van der Waals surface area (Å²) in [6, 6.07) is 5.71. The second-order valence-electron chi connectivity index (χ2n) is 4.41. The number of methoxy groups -OCH3 is 1. The van der Waals surface area contributed by atoms with E-state index in [1.807, 2.05) is 18.2 Å². The lowest BCUT2D eigenvalue weighted by Gasteiger charge is -2.17. The van der Waals surface area contributed by atoms with Gasteiger partial charge in [-0.05, 0) is 18.2 Å². The van der Waals surface area contributed by atoms with E-state index in [1.165, 1.54) is 0 Å². The Balaban J connectivity index is 2.15. The van der Waals surface area contributed by atoms with Gasteiger partial charge in [0.25, 0.3) is 0 Å². The monoisotopic (exact) mass is 354 g/mol. The SMILES string of the molecule is COc1ccc(Br)cc1-c1nc(Cl)c2c(n1)CCOC2. The number of ether oxygens (including phenoxy) is 2. The standard InChI is InChI=1S/C14H12BrClN2O2/c1-19-12-3-2-8(15)6-9(12)14-17-11-4-5-20-7-10(11)13(16)18-14/h2-3,6H,4-5,7H2,1H3. The molecule has 0 atom stereocenters. The van der Waals surface area contributed by atoms with Crippen LogP contribution in [-0.4, -0.2) is 23.7 Å². The topological polar surface area (TPSA) is 44.2 Å². The molecule has 0 amide bonds. The molecule has 3 rings (SSSR count). The fourth-order valence-corrected chi connectivity index (χ4v) is 2.77. The van der Waals surface area contributed by atoms with Gasteiger partial charge >= 0.3 is 0 Å². The maximum absolute atomic E-state index is 6.25. The van der Waals surface area contributed by atoms with Crippen LogP contribution in [0.1, 0.15) is 11.3 Å². The Kier molecular flexibility index (Phi) is 3.92. The van der Waals surface area contributed by atoms with Crippen molar-refractivity contribution < 1.29 is 9.47 Å². The molecule has 1 aromatic carbocycles. The first-order chi connectivity index (χ1) is 9.69. The highest BCUT2D eigenvalue weighted by molar-refractivity contribution is 9.10. The van der Waals surface area contributed by atoms with E-state index in [2.05, 4.69) is 25.9 Å². The van der Waals surface area contributed by atoms with Crippen molar-refractivity contribution in [3.8, 4) is 17.1 Å². The Labute approximate surface area is 130 Å². The molecule has 1 aromatic heterocycles. The van der Waals surface area contributed by atoms with Crippen molar-refractivity contribution in [2.24, 2.45) is 0 Å². The highest BCUT2D eigenvalue weighted by Crippen LogP contribution is 2.33. The molecule has 1 aliphatic heterocycles. The van der Waals surface area contributed by atoms with E-state index in [-0.39, 0.29) is 0 Å². The smallest absolute Gasteiger partial charge is 0.164 e. The van der Waals surface area contributed by atoms with Crippen LogP contribution < -0.4 is 4.74 Å². The summed E-state index contributed by atoms with van der Waals surface area (Å²) in [5.41, 5.74) is 2.65. The lowest BCUT2D eigenvalue weighted by molar-refractivity contribution is 0.109. The van der Waals surface area contributed by atoms with Crippen LogP contribution in [0.2, 0.25) is 5.15 Å². The van der Waals surface area contributed by atoms with Gasteiger partial charge in [0.1, 0.15) is 10.9 Å². The van der Waals surface area contributed by atoms with Crippen molar-refractivity contribution in [2.75, 3.05) is 13.7 Å². The zero-order chi connectivity index (χ0) is 14.1. The second-order valence-corrected chi connectivity index (χ2v) is 5.68. The van der Waals surface area contributed by atoms with Crippen molar-refractivity contribution >= 4 is 27.5 Å². The molecule has 0 saturated heterocycles. The number of rotatable bonds is 2. The molecule has 6 heteroatoms. The zero-order valence-electron chi connectivity index (χ0n) is 10.8. The molecule has 20 heavy (non-hydrogen) atoms. The van der Waals surface area contributed by atoms with Gasteiger partial charge in [-0.15, -0.1) is 0 Å². The van der Waals surface area contributed by atoms with Gasteiger partial charge in [0.05, 0.1) is 31.6 Å². The van der Waals surface area contributed by atoms with Crippen molar-refractivity contribution in [3.05, 3.63) is 39.1 Å². The first kappa shape index (κ1) is 13.8. The van der Waals surface area contributed by atoms with Crippen molar-refractivity contribution in [3.63, 3.8) is 0 Å². The lowest BCUT2D eigenvalue weighted by atomic mass is 10.1. The Morgan fingerprint density at radius 2 is 2.20 bits per heavy atom. The van der Waals surface area contributed by atoms with E-state index in [4.69, 9.17) is 21.1 Å². The van der Waals surface area contributed by atoms with Crippen LogP contribution in [0.3, 0.4) is 0 Å². The third kappa shape index (κ3) is 2.53. The Hall–Kier alpha value is -1.17. The summed E-state index contributed by atoms with van der Waals surface area (Å²) < 4.78 is 11.7. The van der Waals surface area contributed by atoms with E-state index < -0.39 is 0 Å². The molecular formula is C14H12BrClN2O2. The summed E-state index contributed by atoms with van der Waals surface area (Å²) in [5, 5.41) is 0.451. The molecule has 2 heterocycles. The normalized spacial score (nSPS) is 13.9. The Bertz CT molecular complexity index is 664. The van der Waals surface area contributed by atoms with Crippen LogP contribution in [0, 0.1) is 0 Å². The van der Waals surface area contributed by atoms with Gasteiger partial charge in [-0.2, -0.15) is 0 Å². The first-order valence-electron chi connectivity index (χ1n) is 6.16. The molecule has 0 spiro atoms. The number of benzene rings is 1. The first-order valence-corrected chi connectivity index (χ1v) is 7.33. The minimum absolute atomic E-state index is 0.451. The largest absolute Gasteiger partial charge is 0.496 e. The van der Waals surface area contributed by atoms with Gasteiger partial charge in [0, 0.05) is 16.5 Å². The summed E-state index contributed by atoms with van der Waals surface area (Å²) in [4.78, 5) is 9.00. The predicted molar refractivity (Wildman–Crippen MR) is 80.1 cm³/mol. The van der Waals surface area contributed by atoms with Crippen LogP contribution >= 0.6 is 27.5 Å². The minimum Gasteiger partial charge on any atom is -0.496 e. The summed E-state index contributed by atoms with van der Waals surface area (Å²) in [7, 11) is 1.63. The van der Waals surface area contributed by atoms with E-state index in [0.29, 0.717) is 24.2 Å². The van der Waals surface area contributed by atoms with E-state index in [1.54, 1.807) is 7.11 Å². The quantitative estimate of drug-likeness (QED) is 0.772. The number of halogens is 2. The second kappa shape index (κ2) is 5.68. The third-order valence-corrected chi connectivity index (χ3v) is 3.98. The van der Waals surface area contributed by atoms with Crippen molar-refractivity contribution in [1.82, 2.24) is 9.97 Å². The molecule has 0 N–H and O–H groups in total. The van der Waals surface area contributed by atoms with Crippen LogP contribution in [0.15, 0.2) is 22.7 Å². The maximum Gasteiger partial charge on any atom is 0.164 e. The van der Waals surface area contributed by atoms with Gasteiger partial charge in [-0.25, -0.2) is 9.97 Å². The third-order valence-electron chi connectivity index (χ3n) is 3.17. The molecule has 2 aromatic rings. The predicted octanol–water partition coefficient (Wildman–Crippen LogP) is 3.64. The molecule has 104 valence electrons. The van der Waals surface area contributed by atoms with Crippen molar-refractivity contribution in [2.45, 2.75) is 13.0 Å². The maximum atomic E-state index is 6.25. The number of aromatic nitrogens is 2. The number of fused-ring (bicyclic) bond motifs is 1.